The Morgan fingerprint density at radius 3 is 2.87 bits per heavy atom. The molecule has 0 spiro atoms. The first-order valence-electron chi connectivity index (χ1n) is 5.38. The third-order valence-electron chi connectivity index (χ3n) is 2.59. The number of hydrogen-bond acceptors (Lipinski definition) is 1. The normalized spacial score (nSPS) is 11.4. The van der Waals surface area contributed by atoms with Crippen LogP contribution < -0.4 is 0 Å². The lowest BCUT2D eigenvalue weighted by molar-refractivity contribution is 0.388. The van der Waals surface area contributed by atoms with Gasteiger partial charge in [-0.1, -0.05) is 18.2 Å². The lowest BCUT2D eigenvalue weighted by atomic mass is 10.2. The van der Waals surface area contributed by atoms with Crippen LogP contribution in [-0.4, -0.2) is 30.1 Å². The number of aromatic nitrogens is 1. The highest BCUT2D eigenvalue weighted by atomic mass is 15.1. The molecule has 2 aromatic rings. The van der Waals surface area contributed by atoms with E-state index in [1.165, 1.54) is 17.3 Å². The molecule has 0 aliphatic carbocycles. The second kappa shape index (κ2) is 4.49. The lowest BCUT2D eigenvalue weighted by Crippen LogP contribution is -2.14. The maximum atomic E-state index is 3.29. The number of aryl methyl sites for hydroxylation is 1. The fraction of sp³-hybridized carbons (Fsp3) is 0.385. The van der Waals surface area contributed by atoms with E-state index in [4.69, 9.17) is 0 Å². The quantitative estimate of drug-likeness (QED) is 0.737. The Bertz CT molecular complexity index is 429. The van der Waals surface area contributed by atoms with Gasteiger partial charge in [0.2, 0.25) is 0 Å². The minimum absolute atomic E-state index is 1.05. The summed E-state index contributed by atoms with van der Waals surface area (Å²) >= 11 is 0. The molecule has 1 aromatic heterocycles. The van der Waals surface area contributed by atoms with Crippen molar-refractivity contribution in [3.63, 3.8) is 0 Å². The van der Waals surface area contributed by atoms with E-state index in [2.05, 4.69) is 60.1 Å². The summed E-state index contributed by atoms with van der Waals surface area (Å²) in [6.45, 7) is 2.17. The van der Waals surface area contributed by atoms with Crippen molar-refractivity contribution in [3.8, 4) is 0 Å². The van der Waals surface area contributed by atoms with E-state index in [1.54, 1.807) is 0 Å². The van der Waals surface area contributed by atoms with Crippen molar-refractivity contribution in [3.05, 3.63) is 36.5 Å². The van der Waals surface area contributed by atoms with Gasteiger partial charge >= 0.3 is 0 Å². The number of hydrogen-bond donors (Lipinski definition) is 0. The molecule has 0 bridgehead atoms. The van der Waals surface area contributed by atoms with Crippen molar-refractivity contribution in [2.75, 3.05) is 20.6 Å². The van der Waals surface area contributed by atoms with Crippen molar-refractivity contribution in [2.24, 2.45) is 0 Å². The van der Waals surface area contributed by atoms with Gasteiger partial charge in [0.15, 0.2) is 0 Å². The van der Waals surface area contributed by atoms with Crippen LogP contribution >= 0.6 is 0 Å². The number of nitrogens with zero attached hydrogens (tertiary/aromatic N) is 2. The van der Waals surface area contributed by atoms with Crippen molar-refractivity contribution in [2.45, 2.75) is 13.0 Å². The van der Waals surface area contributed by atoms with E-state index in [-0.39, 0.29) is 0 Å². The molecule has 0 aliphatic heterocycles. The Balaban J connectivity index is 2.08. The van der Waals surface area contributed by atoms with E-state index in [0.29, 0.717) is 0 Å². The highest BCUT2D eigenvalue weighted by Crippen LogP contribution is 2.14. The van der Waals surface area contributed by atoms with Crippen molar-refractivity contribution >= 4 is 10.9 Å². The topological polar surface area (TPSA) is 8.17 Å². The summed E-state index contributed by atoms with van der Waals surface area (Å²) in [7, 11) is 4.22. The lowest BCUT2D eigenvalue weighted by Gasteiger charge is -2.10. The zero-order chi connectivity index (χ0) is 10.7. The van der Waals surface area contributed by atoms with Gasteiger partial charge in [0.05, 0.1) is 6.20 Å². The minimum Gasteiger partial charge on any atom is -0.339 e. The van der Waals surface area contributed by atoms with Gasteiger partial charge in [-0.05, 0) is 39.2 Å². The Morgan fingerprint density at radius 1 is 1.27 bits per heavy atom. The SMILES string of the molecule is CN(C)CCCn1[c]cc2ccccc21. The minimum atomic E-state index is 1.05. The molecule has 0 N–H and O–H groups in total. The molecule has 2 nitrogen and oxygen atoms in total. The molecule has 1 aromatic carbocycles. The van der Waals surface area contributed by atoms with Crippen LogP contribution in [0.1, 0.15) is 6.42 Å². The first kappa shape index (κ1) is 10.2. The molecule has 0 fully saturated rings. The number of rotatable bonds is 4. The molecule has 0 amide bonds. The van der Waals surface area contributed by atoms with Crippen LogP contribution in [0.3, 0.4) is 0 Å². The average molecular weight is 201 g/mol. The molecule has 15 heavy (non-hydrogen) atoms. The van der Waals surface area contributed by atoms with Crippen LogP contribution in [0.25, 0.3) is 10.9 Å². The van der Waals surface area contributed by atoms with Gasteiger partial charge < -0.3 is 9.47 Å². The fourth-order valence-electron chi connectivity index (χ4n) is 1.80. The summed E-state index contributed by atoms with van der Waals surface area (Å²) in [5.41, 5.74) is 1.29. The number of para-hydroxylation sites is 1. The van der Waals surface area contributed by atoms with E-state index in [0.717, 1.165) is 13.1 Å². The van der Waals surface area contributed by atoms with Crippen LogP contribution in [0.15, 0.2) is 30.3 Å². The molecule has 0 saturated heterocycles. The average Bonchev–Trinajstić information content (AvgIpc) is 2.62. The zero-order valence-corrected chi connectivity index (χ0v) is 9.40. The van der Waals surface area contributed by atoms with E-state index >= 15 is 0 Å². The van der Waals surface area contributed by atoms with Gasteiger partial charge in [-0.3, -0.25) is 0 Å². The van der Waals surface area contributed by atoms with Crippen molar-refractivity contribution < 1.29 is 0 Å². The van der Waals surface area contributed by atoms with Gasteiger partial charge in [0.1, 0.15) is 0 Å². The van der Waals surface area contributed by atoms with Crippen molar-refractivity contribution in [1.29, 1.82) is 0 Å². The maximum Gasteiger partial charge on any atom is 0.0659 e. The Hall–Kier alpha value is -1.28. The summed E-state index contributed by atoms with van der Waals surface area (Å²) in [5.74, 6) is 0. The Kier molecular flexibility index (Phi) is 3.07. The molecule has 1 heterocycles. The van der Waals surface area contributed by atoms with E-state index < -0.39 is 0 Å². The van der Waals surface area contributed by atoms with Crippen LogP contribution in [-0.2, 0) is 6.54 Å². The smallest absolute Gasteiger partial charge is 0.0659 e. The maximum absolute atomic E-state index is 3.29. The third kappa shape index (κ3) is 2.39. The molecule has 79 valence electrons. The molecule has 0 saturated carbocycles. The fourth-order valence-corrected chi connectivity index (χ4v) is 1.80. The first-order valence-corrected chi connectivity index (χ1v) is 5.38. The summed E-state index contributed by atoms with van der Waals surface area (Å²) in [6, 6.07) is 10.5. The van der Waals surface area contributed by atoms with Crippen molar-refractivity contribution in [1.82, 2.24) is 9.47 Å². The molecule has 0 unspecified atom stereocenters. The van der Waals surface area contributed by atoms with E-state index in [9.17, 15) is 0 Å². The molecular formula is C13H17N2. The van der Waals surface area contributed by atoms with Crippen LogP contribution in [0.5, 0.6) is 0 Å². The second-order valence-electron chi connectivity index (χ2n) is 4.14. The zero-order valence-electron chi connectivity index (χ0n) is 9.40. The molecular weight excluding hydrogens is 184 g/mol. The van der Waals surface area contributed by atoms with Crippen LogP contribution in [0.4, 0.5) is 0 Å². The first-order chi connectivity index (χ1) is 7.27. The second-order valence-corrected chi connectivity index (χ2v) is 4.14. The van der Waals surface area contributed by atoms with Crippen LogP contribution in [0.2, 0.25) is 0 Å². The Morgan fingerprint density at radius 2 is 2.07 bits per heavy atom. The summed E-state index contributed by atoms with van der Waals surface area (Å²) in [6.07, 6.45) is 4.45. The number of benzene rings is 1. The van der Waals surface area contributed by atoms with Gasteiger partial charge in [-0.25, -0.2) is 0 Å². The molecule has 0 atom stereocenters. The molecule has 0 aliphatic rings. The molecule has 2 rings (SSSR count). The molecule has 1 radical (unpaired) electrons. The summed E-state index contributed by atoms with van der Waals surface area (Å²) in [4.78, 5) is 2.21. The predicted octanol–water partition coefficient (Wildman–Crippen LogP) is 2.39. The van der Waals surface area contributed by atoms with Gasteiger partial charge in [0, 0.05) is 17.4 Å². The van der Waals surface area contributed by atoms with Gasteiger partial charge in [0.25, 0.3) is 0 Å². The highest BCUT2D eigenvalue weighted by Gasteiger charge is 1.99. The standard InChI is InChI=1S/C13H17N2/c1-14(2)9-5-10-15-11-8-12-6-3-4-7-13(12)15/h3-4,6-8H,5,9-10H2,1-2H3. The third-order valence-corrected chi connectivity index (χ3v) is 2.59. The summed E-state index contributed by atoms with van der Waals surface area (Å²) in [5, 5.41) is 1.28. The largest absolute Gasteiger partial charge is 0.339 e. The summed E-state index contributed by atoms with van der Waals surface area (Å²) < 4.78 is 2.21. The van der Waals surface area contributed by atoms with Gasteiger partial charge in [-0.15, -0.1) is 0 Å². The van der Waals surface area contributed by atoms with Gasteiger partial charge in [-0.2, -0.15) is 0 Å². The molecule has 2 heteroatoms. The highest BCUT2D eigenvalue weighted by molar-refractivity contribution is 5.79. The Labute approximate surface area is 91.1 Å². The van der Waals surface area contributed by atoms with E-state index in [1.807, 2.05) is 0 Å². The number of fused-ring (bicyclic) bond motifs is 1. The van der Waals surface area contributed by atoms with Crippen LogP contribution in [0, 0.1) is 6.20 Å². The monoisotopic (exact) mass is 201 g/mol. The predicted molar refractivity (Wildman–Crippen MR) is 63.9 cm³/mol.